The van der Waals surface area contributed by atoms with Crippen molar-refractivity contribution in [2.45, 2.75) is 26.4 Å². The monoisotopic (exact) mass is 275 g/mol. The lowest BCUT2D eigenvalue weighted by atomic mass is 10.1. The highest BCUT2D eigenvalue weighted by atomic mass is 16.6. The average Bonchev–Trinajstić information content (AvgIpc) is 2.42. The van der Waals surface area contributed by atoms with Gasteiger partial charge >= 0.3 is 0 Å². The van der Waals surface area contributed by atoms with Gasteiger partial charge in [-0.2, -0.15) is 5.26 Å². The first-order chi connectivity index (χ1) is 9.54. The number of aryl methyl sites for hydroxylation is 1. The van der Waals surface area contributed by atoms with Crippen LogP contribution in [0.5, 0.6) is 0 Å². The van der Waals surface area contributed by atoms with E-state index in [1.54, 1.807) is 13.8 Å². The van der Waals surface area contributed by atoms with Crippen LogP contribution in [0.25, 0.3) is 0 Å². The Kier molecular flexibility index (Phi) is 4.27. The molecule has 0 spiro atoms. The van der Waals surface area contributed by atoms with Crippen LogP contribution in [0.3, 0.4) is 0 Å². The van der Waals surface area contributed by atoms with Crippen molar-refractivity contribution < 1.29 is 4.92 Å². The van der Waals surface area contributed by atoms with Crippen LogP contribution in [0.2, 0.25) is 0 Å². The zero-order chi connectivity index (χ0) is 14.7. The number of nitriles is 1. The first-order valence-corrected chi connectivity index (χ1v) is 6.48. The van der Waals surface area contributed by atoms with Crippen LogP contribution >= 0.6 is 0 Å². The fraction of sp³-hybridized carbons (Fsp3) is 0.538. The molecule has 1 aromatic heterocycles. The van der Waals surface area contributed by atoms with Gasteiger partial charge < -0.3 is 5.32 Å². The molecule has 0 bridgehead atoms. The Morgan fingerprint density at radius 2 is 2.40 bits per heavy atom. The molecule has 0 saturated carbocycles. The maximum absolute atomic E-state index is 11.1. The normalized spacial score (nSPS) is 19.6. The highest BCUT2D eigenvalue weighted by Crippen LogP contribution is 2.25. The molecule has 1 aromatic rings. The molecule has 2 rings (SSSR count). The summed E-state index contributed by atoms with van der Waals surface area (Å²) in [6, 6.07) is 2.03. The Balaban J connectivity index is 2.28. The number of hydrogen-bond acceptors (Lipinski definition) is 6. The largest absolute Gasteiger partial charge is 0.313 e. The molecule has 106 valence electrons. The van der Waals surface area contributed by atoms with Gasteiger partial charge in [0.15, 0.2) is 0 Å². The minimum atomic E-state index is -0.366. The third kappa shape index (κ3) is 2.76. The van der Waals surface area contributed by atoms with Crippen LogP contribution in [0.15, 0.2) is 6.20 Å². The number of piperazine rings is 1. The molecule has 1 unspecified atom stereocenters. The van der Waals surface area contributed by atoms with Crippen molar-refractivity contribution in [1.82, 2.24) is 15.2 Å². The van der Waals surface area contributed by atoms with Crippen LogP contribution in [0.1, 0.15) is 16.8 Å². The lowest BCUT2D eigenvalue weighted by Crippen LogP contribution is -2.50. The second-order valence-electron chi connectivity index (χ2n) is 4.94. The highest BCUT2D eigenvalue weighted by Gasteiger charge is 2.25. The van der Waals surface area contributed by atoms with Crippen LogP contribution in [0, 0.1) is 35.3 Å². The van der Waals surface area contributed by atoms with Gasteiger partial charge in [0.25, 0.3) is 5.69 Å². The van der Waals surface area contributed by atoms with E-state index in [0.717, 1.165) is 13.1 Å². The molecule has 0 amide bonds. The van der Waals surface area contributed by atoms with Gasteiger partial charge in [-0.15, -0.1) is 0 Å². The fourth-order valence-corrected chi connectivity index (χ4v) is 2.46. The first kappa shape index (κ1) is 14.4. The molecule has 0 aliphatic carbocycles. The predicted molar refractivity (Wildman–Crippen MR) is 73.0 cm³/mol. The number of hydrogen-bond donors (Lipinski definition) is 1. The van der Waals surface area contributed by atoms with Crippen LogP contribution in [0.4, 0.5) is 5.69 Å². The Morgan fingerprint density at radius 3 is 3.05 bits per heavy atom. The lowest BCUT2D eigenvalue weighted by Gasteiger charge is -2.31. The summed E-state index contributed by atoms with van der Waals surface area (Å²) in [5, 5.41) is 23.4. The molecule has 1 saturated heterocycles. The van der Waals surface area contributed by atoms with E-state index in [2.05, 4.69) is 16.4 Å². The number of nitrogens with one attached hydrogen (secondary N) is 1. The quantitative estimate of drug-likeness (QED) is 0.650. The molecule has 7 heteroatoms. The summed E-state index contributed by atoms with van der Waals surface area (Å²) in [5.41, 5.74) is 1.95. The van der Waals surface area contributed by atoms with E-state index in [0.29, 0.717) is 29.9 Å². The van der Waals surface area contributed by atoms with Gasteiger partial charge in [-0.25, -0.2) is 0 Å². The smallest absolute Gasteiger partial charge is 0.278 e. The number of nitrogens with zero attached hydrogens (tertiary/aromatic N) is 4. The molecule has 1 aliphatic heterocycles. The van der Waals surface area contributed by atoms with Crippen molar-refractivity contribution in [3.8, 4) is 6.07 Å². The Bertz CT molecular complexity index is 567. The predicted octanol–water partition coefficient (Wildman–Crippen LogP) is 0.904. The standard InChI is InChI=1S/C13H17N5O2/c1-9-6-16-12(10(2)13(9)18(19)20)8-17-4-3-15-7-11(17)5-14/h6,11,15H,3-4,7-8H2,1-2H3. The van der Waals surface area contributed by atoms with Crippen molar-refractivity contribution in [1.29, 1.82) is 5.26 Å². The van der Waals surface area contributed by atoms with E-state index in [9.17, 15) is 10.1 Å². The van der Waals surface area contributed by atoms with Crippen molar-refractivity contribution in [2.75, 3.05) is 19.6 Å². The second kappa shape index (κ2) is 5.94. The van der Waals surface area contributed by atoms with E-state index < -0.39 is 0 Å². The summed E-state index contributed by atoms with van der Waals surface area (Å²) in [7, 11) is 0. The van der Waals surface area contributed by atoms with E-state index in [1.165, 1.54) is 6.20 Å². The molecule has 20 heavy (non-hydrogen) atoms. The van der Waals surface area contributed by atoms with Crippen molar-refractivity contribution in [3.63, 3.8) is 0 Å². The van der Waals surface area contributed by atoms with Gasteiger partial charge in [0.2, 0.25) is 0 Å². The summed E-state index contributed by atoms with van der Waals surface area (Å²) in [6.45, 7) is 6.03. The van der Waals surface area contributed by atoms with Crippen molar-refractivity contribution in [2.24, 2.45) is 0 Å². The van der Waals surface area contributed by atoms with Gasteiger partial charge in [0.1, 0.15) is 6.04 Å². The minimum Gasteiger partial charge on any atom is -0.313 e. The molecule has 2 heterocycles. The zero-order valence-electron chi connectivity index (χ0n) is 11.6. The van der Waals surface area contributed by atoms with Crippen LogP contribution in [-0.4, -0.2) is 40.5 Å². The third-order valence-electron chi connectivity index (χ3n) is 3.61. The zero-order valence-corrected chi connectivity index (χ0v) is 11.6. The summed E-state index contributed by atoms with van der Waals surface area (Å²) in [6.07, 6.45) is 1.53. The van der Waals surface area contributed by atoms with Gasteiger partial charge in [-0.3, -0.25) is 20.0 Å². The van der Waals surface area contributed by atoms with Gasteiger partial charge in [0, 0.05) is 43.5 Å². The van der Waals surface area contributed by atoms with Crippen LogP contribution in [-0.2, 0) is 6.54 Å². The molecule has 1 fully saturated rings. The van der Waals surface area contributed by atoms with Crippen molar-refractivity contribution in [3.05, 3.63) is 33.1 Å². The maximum Gasteiger partial charge on any atom is 0.278 e. The van der Waals surface area contributed by atoms with E-state index in [4.69, 9.17) is 5.26 Å². The topological polar surface area (TPSA) is 95.1 Å². The van der Waals surface area contributed by atoms with E-state index in [1.807, 2.05) is 4.90 Å². The van der Waals surface area contributed by atoms with E-state index >= 15 is 0 Å². The van der Waals surface area contributed by atoms with Gasteiger partial charge in [0.05, 0.1) is 16.7 Å². The van der Waals surface area contributed by atoms with Crippen LogP contribution < -0.4 is 5.32 Å². The SMILES string of the molecule is Cc1cnc(CN2CCNCC2C#N)c(C)c1[N+](=O)[O-]. The van der Waals surface area contributed by atoms with Crippen molar-refractivity contribution >= 4 is 5.69 Å². The van der Waals surface area contributed by atoms with E-state index in [-0.39, 0.29) is 16.7 Å². The molecule has 0 aromatic carbocycles. The molecular weight excluding hydrogens is 258 g/mol. The summed E-state index contributed by atoms with van der Waals surface area (Å²) < 4.78 is 0. The average molecular weight is 275 g/mol. The summed E-state index contributed by atoms with van der Waals surface area (Å²) >= 11 is 0. The Labute approximate surface area is 117 Å². The minimum absolute atomic E-state index is 0.124. The Morgan fingerprint density at radius 1 is 1.65 bits per heavy atom. The summed E-state index contributed by atoms with van der Waals surface area (Å²) in [5.74, 6) is 0. The maximum atomic E-state index is 11.1. The highest BCUT2D eigenvalue weighted by molar-refractivity contribution is 5.47. The molecule has 1 aliphatic rings. The fourth-order valence-electron chi connectivity index (χ4n) is 2.46. The number of pyridine rings is 1. The summed E-state index contributed by atoms with van der Waals surface area (Å²) in [4.78, 5) is 17.1. The number of nitro groups is 1. The first-order valence-electron chi connectivity index (χ1n) is 6.48. The van der Waals surface area contributed by atoms with Gasteiger partial charge in [-0.05, 0) is 13.8 Å². The number of aromatic nitrogens is 1. The molecule has 1 atom stereocenters. The lowest BCUT2D eigenvalue weighted by molar-refractivity contribution is -0.386. The van der Waals surface area contributed by atoms with Gasteiger partial charge in [-0.1, -0.05) is 0 Å². The molecular formula is C13H17N5O2. The Hall–Kier alpha value is -2.04. The second-order valence-corrected chi connectivity index (χ2v) is 4.94. The molecule has 0 radical (unpaired) electrons. The molecule has 1 N–H and O–H groups in total. The molecule has 7 nitrogen and oxygen atoms in total. The number of rotatable bonds is 3. The third-order valence-corrected chi connectivity index (χ3v) is 3.61.